The number of rotatable bonds is 7. The third-order valence-corrected chi connectivity index (χ3v) is 5.11. The third kappa shape index (κ3) is 3.55. The highest BCUT2D eigenvalue weighted by Gasteiger charge is 2.19. The second kappa shape index (κ2) is 7.53. The fourth-order valence-electron chi connectivity index (χ4n) is 2.72. The number of aromatic nitrogens is 4. The summed E-state index contributed by atoms with van der Waals surface area (Å²) in [6, 6.07) is 6.95. The van der Waals surface area contributed by atoms with Crippen LogP contribution in [-0.4, -0.2) is 32.8 Å². The van der Waals surface area contributed by atoms with Gasteiger partial charge in [-0.15, -0.1) is 0 Å². The Labute approximate surface area is 149 Å². The SMILES string of the molecule is COCCn1c(SCc2nc3ccccc3n2C(F)F)nc(C)c1C. The molecule has 134 valence electrons. The molecule has 0 amide bonds. The van der Waals surface area contributed by atoms with Gasteiger partial charge in [0.25, 0.3) is 0 Å². The predicted octanol–water partition coefficient (Wildman–Crippen LogP) is 4.18. The minimum Gasteiger partial charge on any atom is -0.383 e. The van der Waals surface area contributed by atoms with Gasteiger partial charge < -0.3 is 9.30 Å². The first-order valence-electron chi connectivity index (χ1n) is 7.92. The maximum Gasteiger partial charge on any atom is 0.320 e. The van der Waals surface area contributed by atoms with Crippen LogP contribution < -0.4 is 0 Å². The van der Waals surface area contributed by atoms with Crippen molar-refractivity contribution >= 4 is 22.8 Å². The molecule has 0 fully saturated rings. The number of methoxy groups -OCH3 is 1. The molecule has 0 spiro atoms. The van der Waals surface area contributed by atoms with Crippen molar-refractivity contribution in [3.05, 3.63) is 41.5 Å². The average molecular weight is 366 g/mol. The van der Waals surface area contributed by atoms with E-state index in [2.05, 4.69) is 14.5 Å². The summed E-state index contributed by atoms with van der Waals surface area (Å²) in [7, 11) is 1.65. The standard InChI is InChI=1S/C17H20F2N4OS/c1-11-12(2)22(8-9-24-3)17(20-11)25-10-15-21-13-6-4-5-7-14(13)23(15)16(18)19/h4-7,16H,8-10H2,1-3H3. The first-order chi connectivity index (χ1) is 12.0. The first-order valence-corrected chi connectivity index (χ1v) is 8.91. The molecule has 3 aromatic rings. The highest BCUT2D eigenvalue weighted by atomic mass is 32.2. The van der Waals surface area contributed by atoms with Crippen molar-refractivity contribution in [2.75, 3.05) is 13.7 Å². The smallest absolute Gasteiger partial charge is 0.320 e. The summed E-state index contributed by atoms with van der Waals surface area (Å²) in [4.78, 5) is 8.92. The zero-order valence-corrected chi connectivity index (χ0v) is 15.2. The van der Waals surface area contributed by atoms with Crippen molar-refractivity contribution in [2.24, 2.45) is 0 Å². The Balaban J connectivity index is 1.88. The van der Waals surface area contributed by atoms with E-state index in [4.69, 9.17) is 4.74 Å². The number of imidazole rings is 2. The molecule has 0 N–H and O–H groups in total. The normalized spacial score (nSPS) is 11.8. The lowest BCUT2D eigenvalue weighted by Crippen LogP contribution is -2.08. The number of aryl methyl sites for hydroxylation is 1. The fraction of sp³-hybridized carbons (Fsp3) is 0.412. The van der Waals surface area contributed by atoms with Crippen molar-refractivity contribution in [1.29, 1.82) is 0 Å². The van der Waals surface area contributed by atoms with Crippen LogP contribution in [0.5, 0.6) is 0 Å². The van der Waals surface area contributed by atoms with Crippen LogP contribution in [0, 0.1) is 13.8 Å². The number of fused-ring (bicyclic) bond motifs is 1. The van der Waals surface area contributed by atoms with Crippen LogP contribution in [0.3, 0.4) is 0 Å². The molecule has 1 aromatic carbocycles. The van der Waals surface area contributed by atoms with E-state index in [1.807, 2.05) is 13.8 Å². The van der Waals surface area contributed by atoms with Crippen molar-refractivity contribution in [2.45, 2.75) is 37.9 Å². The van der Waals surface area contributed by atoms with Gasteiger partial charge in [-0.2, -0.15) is 8.78 Å². The summed E-state index contributed by atoms with van der Waals surface area (Å²) in [5.41, 5.74) is 3.01. The van der Waals surface area contributed by atoms with Crippen LogP contribution >= 0.6 is 11.8 Å². The second-order valence-corrected chi connectivity index (χ2v) is 6.61. The Hall–Kier alpha value is -1.93. The molecular weight excluding hydrogens is 346 g/mol. The van der Waals surface area contributed by atoms with Gasteiger partial charge in [-0.25, -0.2) is 9.97 Å². The second-order valence-electron chi connectivity index (χ2n) is 5.66. The zero-order valence-electron chi connectivity index (χ0n) is 14.4. The van der Waals surface area contributed by atoms with Crippen LogP contribution in [0.2, 0.25) is 0 Å². The molecule has 0 aliphatic carbocycles. The van der Waals surface area contributed by atoms with E-state index >= 15 is 0 Å². The van der Waals surface area contributed by atoms with Gasteiger partial charge in [-0.1, -0.05) is 23.9 Å². The lowest BCUT2D eigenvalue weighted by molar-refractivity contribution is 0.0722. The van der Waals surface area contributed by atoms with Gasteiger partial charge in [0.1, 0.15) is 5.82 Å². The third-order valence-electron chi connectivity index (χ3n) is 4.14. The highest BCUT2D eigenvalue weighted by Crippen LogP contribution is 2.29. The summed E-state index contributed by atoms with van der Waals surface area (Å²) in [6.45, 7) is 2.56. The van der Waals surface area contributed by atoms with Crippen molar-refractivity contribution in [1.82, 2.24) is 19.1 Å². The molecule has 0 saturated carbocycles. The van der Waals surface area contributed by atoms with E-state index in [-0.39, 0.29) is 0 Å². The molecule has 3 rings (SSSR count). The van der Waals surface area contributed by atoms with Gasteiger partial charge >= 0.3 is 6.55 Å². The molecule has 8 heteroatoms. The van der Waals surface area contributed by atoms with Crippen LogP contribution in [0.15, 0.2) is 29.4 Å². The number of thioether (sulfide) groups is 1. The number of para-hydroxylation sites is 2. The van der Waals surface area contributed by atoms with E-state index in [0.29, 0.717) is 35.8 Å². The maximum atomic E-state index is 13.5. The van der Waals surface area contributed by atoms with Gasteiger partial charge in [0, 0.05) is 19.3 Å². The number of ether oxygens (including phenoxy) is 1. The largest absolute Gasteiger partial charge is 0.383 e. The number of hydrogen-bond acceptors (Lipinski definition) is 4. The topological polar surface area (TPSA) is 44.9 Å². The van der Waals surface area contributed by atoms with Gasteiger partial charge in [0.15, 0.2) is 5.16 Å². The minimum atomic E-state index is -2.63. The molecule has 0 atom stereocenters. The zero-order chi connectivity index (χ0) is 18.0. The van der Waals surface area contributed by atoms with Gasteiger partial charge in [0.2, 0.25) is 0 Å². The molecular formula is C17H20F2N4OS. The van der Waals surface area contributed by atoms with E-state index in [0.717, 1.165) is 21.1 Å². The first kappa shape index (κ1) is 17.9. The Morgan fingerprint density at radius 1 is 1.20 bits per heavy atom. The lowest BCUT2D eigenvalue weighted by Gasteiger charge is -2.10. The van der Waals surface area contributed by atoms with Gasteiger partial charge in [-0.3, -0.25) is 4.57 Å². The molecule has 0 radical (unpaired) electrons. The maximum absolute atomic E-state index is 13.5. The molecule has 0 aliphatic rings. The van der Waals surface area contributed by atoms with Crippen LogP contribution in [-0.2, 0) is 17.0 Å². The van der Waals surface area contributed by atoms with Crippen molar-refractivity contribution < 1.29 is 13.5 Å². The van der Waals surface area contributed by atoms with E-state index in [1.54, 1.807) is 31.4 Å². The monoisotopic (exact) mass is 366 g/mol. The summed E-state index contributed by atoms with van der Waals surface area (Å²) < 4.78 is 35.2. The van der Waals surface area contributed by atoms with Gasteiger partial charge in [-0.05, 0) is 26.0 Å². The average Bonchev–Trinajstić information content (AvgIpc) is 3.09. The Kier molecular flexibility index (Phi) is 5.39. The minimum absolute atomic E-state index is 0.321. The molecule has 0 bridgehead atoms. The Morgan fingerprint density at radius 3 is 2.68 bits per heavy atom. The Bertz CT molecular complexity index is 875. The fourth-order valence-corrected chi connectivity index (χ4v) is 3.77. The summed E-state index contributed by atoms with van der Waals surface area (Å²) in [6.07, 6.45) is 0. The van der Waals surface area contributed by atoms with E-state index in [9.17, 15) is 8.78 Å². The van der Waals surface area contributed by atoms with E-state index < -0.39 is 6.55 Å². The summed E-state index contributed by atoms with van der Waals surface area (Å²) >= 11 is 1.41. The summed E-state index contributed by atoms with van der Waals surface area (Å²) in [5, 5.41) is 0.792. The molecule has 0 aliphatic heterocycles. The number of hydrogen-bond donors (Lipinski definition) is 0. The Morgan fingerprint density at radius 2 is 1.96 bits per heavy atom. The highest BCUT2D eigenvalue weighted by molar-refractivity contribution is 7.98. The number of alkyl halides is 2. The lowest BCUT2D eigenvalue weighted by atomic mass is 10.3. The van der Waals surface area contributed by atoms with Crippen LogP contribution in [0.1, 0.15) is 23.8 Å². The number of benzene rings is 1. The number of nitrogens with zero attached hydrogens (tertiary/aromatic N) is 4. The quantitative estimate of drug-likeness (QED) is 0.589. The van der Waals surface area contributed by atoms with Crippen LogP contribution in [0.25, 0.3) is 11.0 Å². The van der Waals surface area contributed by atoms with E-state index in [1.165, 1.54) is 11.8 Å². The van der Waals surface area contributed by atoms with Crippen molar-refractivity contribution in [3.8, 4) is 0 Å². The molecule has 0 saturated heterocycles. The van der Waals surface area contributed by atoms with Crippen LogP contribution in [0.4, 0.5) is 8.78 Å². The number of halogens is 2. The molecule has 2 heterocycles. The molecule has 2 aromatic heterocycles. The van der Waals surface area contributed by atoms with Gasteiger partial charge in [0.05, 0.1) is 29.1 Å². The summed E-state index contributed by atoms with van der Waals surface area (Å²) in [5.74, 6) is 0.667. The molecule has 0 unspecified atom stereocenters. The molecule has 5 nitrogen and oxygen atoms in total. The predicted molar refractivity (Wildman–Crippen MR) is 94.1 cm³/mol. The molecule has 25 heavy (non-hydrogen) atoms. The van der Waals surface area contributed by atoms with Crippen molar-refractivity contribution in [3.63, 3.8) is 0 Å².